The van der Waals surface area contributed by atoms with Crippen LogP contribution in [-0.2, 0) is 4.74 Å². The maximum Gasteiger partial charge on any atom is 0.193 e. The molecule has 2 atom stereocenters. The summed E-state index contributed by atoms with van der Waals surface area (Å²) < 4.78 is 5.54. The highest BCUT2D eigenvalue weighted by Gasteiger charge is 2.25. The number of likely N-dealkylation sites (tertiary alicyclic amines) is 1. The molecule has 152 valence electrons. The van der Waals surface area contributed by atoms with Crippen LogP contribution in [-0.4, -0.2) is 68.7 Å². The van der Waals surface area contributed by atoms with Gasteiger partial charge in [0, 0.05) is 44.8 Å². The van der Waals surface area contributed by atoms with E-state index >= 15 is 0 Å². The molecule has 1 N–H and O–H groups in total. The Balaban J connectivity index is 0.00000261. The molecule has 2 saturated heterocycles. The quantitative estimate of drug-likeness (QED) is 0.385. The monoisotopic (exact) mass is 506 g/mol. The zero-order valence-corrected chi connectivity index (χ0v) is 19.5. The predicted molar refractivity (Wildman–Crippen MR) is 123 cm³/mol. The molecule has 2 heterocycles. The molecule has 7 heteroatoms. The molecule has 3 rings (SSSR count). The van der Waals surface area contributed by atoms with Crippen molar-refractivity contribution in [3.63, 3.8) is 0 Å². The lowest BCUT2D eigenvalue weighted by molar-refractivity contribution is 0.0168. The van der Waals surface area contributed by atoms with Crippen LogP contribution >= 0.6 is 35.6 Å². The summed E-state index contributed by atoms with van der Waals surface area (Å²) in [7, 11) is 1.88. The summed E-state index contributed by atoms with van der Waals surface area (Å²) in [5.41, 5.74) is 1.24. The van der Waals surface area contributed by atoms with Crippen molar-refractivity contribution in [2.24, 2.45) is 10.9 Å². The van der Waals surface area contributed by atoms with Gasteiger partial charge in [-0.05, 0) is 36.5 Å². The van der Waals surface area contributed by atoms with Gasteiger partial charge in [-0.25, -0.2) is 0 Å². The molecule has 0 aliphatic carbocycles. The first-order chi connectivity index (χ1) is 12.7. The molecule has 0 spiro atoms. The zero-order chi connectivity index (χ0) is 18.4. The van der Waals surface area contributed by atoms with Crippen molar-refractivity contribution < 1.29 is 4.74 Å². The second-order valence-corrected chi connectivity index (χ2v) is 7.78. The number of hydrogen-bond acceptors (Lipinski definition) is 3. The molecule has 0 aromatic heterocycles. The van der Waals surface area contributed by atoms with Gasteiger partial charge in [0.2, 0.25) is 0 Å². The van der Waals surface area contributed by atoms with Crippen molar-refractivity contribution in [2.45, 2.75) is 25.8 Å². The third-order valence-electron chi connectivity index (χ3n) is 5.34. The summed E-state index contributed by atoms with van der Waals surface area (Å²) in [5.74, 6) is 1.74. The number of hydrogen-bond donors (Lipinski definition) is 1. The average molecular weight is 507 g/mol. The highest BCUT2D eigenvalue weighted by molar-refractivity contribution is 14.0. The predicted octanol–water partition coefficient (Wildman–Crippen LogP) is 3.64. The van der Waals surface area contributed by atoms with Gasteiger partial charge in [-0.15, -0.1) is 24.0 Å². The smallest absolute Gasteiger partial charge is 0.193 e. The van der Waals surface area contributed by atoms with Gasteiger partial charge >= 0.3 is 0 Å². The number of benzene rings is 1. The van der Waals surface area contributed by atoms with Crippen LogP contribution in [0, 0.1) is 5.92 Å². The lowest BCUT2D eigenvalue weighted by Gasteiger charge is -2.37. The Hall–Kier alpha value is -0.570. The number of halogens is 2. The lowest BCUT2D eigenvalue weighted by atomic mass is 10.0. The number of nitrogens with one attached hydrogen (secondary N) is 1. The minimum atomic E-state index is 0. The normalized spacial score (nSPS) is 22.9. The van der Waals surface area contributed by atoms with Crippen LogP contribution < -0.4 is 5.32 Å². The van der Waals surface area contributed by atoms with E-state index in [1.54, 1.807) is 0 Å². The number of rotatable bonds is 4. The molecule has 1 aromatic carbocycles. The number of nitrogens with zero attached hydrogens (tertiary/aromatic N) is 3. The third-order valence-corrected chi connectivity index (χ3v) is 5.58. The summed E-state index contributed by atoms with van der Waals surface area (Å²) in [6, 6.07) is 8.47. The number of aliphatic imine (C=N–C) groups is 1. The van der Waals surface area contributed by atoms with Crippen LogP contribution in [0.4, 0.5) is 0 Å². The molecule has 0 saturated carbocycles. The third kappa shape index (κ3) is 6.48. The molecular weight excluding hydrogens is 475 g/mol. The van der Waals surface area contributed by atoms with Crippen molar-refractivity contribution in [3.8, 4) is 0 Å². The highest BCUT2D eigenvalue weighted by atomic mass is 127. The van der Waals surface area contributed by atoms with E-state index in [-0.39, 0.29) is 30.0 Å². The van der Waals surface area contributed by atoms with Gasteiger partial charge in [-0.2, -0.15) is 0 Å². The fraction of sp³-hybridized carbons (Fsp3) is 0.650. The summed E-state index contributed by atoms with van der Waals surface area (Å²) in [6.45, 7) is 8.77. The Morgan fingerprint density at radius 2 is 2.11 bits per heavy atom. The molecule has 2 fully saturated rings. The maximum absolute atomic E-state index is 6.26. The van der Waals surface area contributed by atoms with E-state index in [1.165, 1.54) is 18.4 Å². The standard InChI is InChI=1S/C20H31ClN4O.HI/c1-16-5-4-8-25(15-16)20(22-2)23-14-19(24-9-11-26-12-10-24)17-6-3-7-18(21)13-17;/h3,6-7,13,16,19H,4-5,8-12,14-15H2,1-2H3,(H,22,23);1H. The second kappa shape index (κ2) is 11.4. The van der Waals surface area contributed by atoms with Gasteiger partial charge in [-0.1, -0.05) is 30.7 Å². The average Bonchev–Trinajstić information content (AvgIpc) is 2.66. The lowest BCUT2D eigenvalue weighted by Crippen LogP contribution is -2.49. The van der Waals surface area contributed by atoms with Crippen LogP contribution in [0.25, 0.3) is 0 Å². The molecule has 0 radical (unpaired) electrons. The van der Waals surface area contributed by atoms with Crippen molar-refractivity contribution in [1.82, 2.24) is 15.1 Å². The first kappa shape index (κ1) is 22.7. The van der Waals surface area contributed by atoms with Gasteiger partial charge < -0.3 is 15.0 Å². The second-order valence-electron chi connectivity index (χ2n) is 7.34. The summed E-state index contributed by atoms with van der Waals surface area (Å²) in [5, 5.41) is 4.41. The molecule has 2 unspecified atom stereocenters. The van der Waals surface area contributed by atoms with Crippen LogP contribution in [0.15, 0.2) is 29.3 Å². The molecule has 0 amide bonds. The van der Waals surface area contributed by atoms with E-state index in [0.29, 0.717) is 0 Å². The topological polar surface area (TPSA) is 40.1 Å². The van der Waals surface area contributed by atoms with Crippen LogP contribution in [0.2, 0.25) is 5.02 Å². The van der Waals surface area contributed by atoms with Crippen molar-refractivity contribution in [3.05, 3.63) is 34.9 Å². The summed E-state index contributed by atoms with van der Waals surface area (Å²) in [6.07, 6.45) is 2.55. The molecule has 27 heavy (non-hydrogen) atoms. The fourth-order valence-electron chi connectivity index (χ4n) is 3.96. The van der Waals surface area contributed by atoms with Crippen molar-refractivity contribution in [2.75, 3.05) is 53.0 Å². The number of guanidine groups is 1. The molecule has 0 bridgehead atoms. The molecule has 1 aromatic rings. The molecule has 2 aliphatic rings. The SMILES string of the molecule is CN=C(NCC(c1cccc(Cl)c1)N1CCOCC1)N1CCCC(C)C1.I. The van der Waals surface area contributed by atoms with Gasteiger partial charge in [0.1, 0.15) is 0 Å². The minimum Gasteiger partial charge on any atom is -0.379 e. The number of ether oxygens (including phenoxy) is 1. The highest BCUT2D eigenvalue weighted by Crippen LogP contribution is 2.24. The molecule has 5 nitrogen and oxygen atoms in total. The van der Waals surface area contributed by atoms with Crippen LogP contribution in [0.3, 0.4) is 0 Å². The first-order valence-electron chi connectivity index (χ1n) is 9.70. The van der Waals surface area contributed by atoms with Gasteiger partial charge in [0.05, 0.1) is 19.3 Å². The largest absolute Gasteiger partial charge is 0.379 e. The first-order valence-corrected chi connectivity index (χ1v) is 10.1. The van der Waals surface area contributed by atoms with Crippen LogP contribution in [0.1, 0.15) is 31.4 Å². The van der Waals surface area contributed by atoms with Crippen molar-refractivity contribution in [1.29, 1.82) is 0 Å². The number of morpholine rings is 1. The van der Waals surface area contributed by atoms with E-state index in [1.807, 2.05) is 19.2 Å². The summed E-state index contributed by atoms with van der Waals surface area (Å²) in [4.78, 5) is 9.41. The van der Waals surface area contributed by atoms with E-state index in [0.717, 1.165) is 62.8 Å². The van der Waals surface area contributed by atoms with Crippen molar-refractivity contribution >= 4 is 41.5 Å². The minimum absolute atomic E-state index is 0. The molecule has 2 aliphatic heterocycles. The Bertz CT molecular complexity index is 609. The Morgan fingerprint density at radius 1 is 1.33 bits per heavy atom. The number of piperidine rings is 1. The molecular formula is C20H32ClIN4O. The van der Waals surface area contributed by atoms with E-state index in [2.05, 4.69) is 39.2 Å². The van der Waals surface area contributed by atoms with Gasteiger partial charge in [-0.3, -0.25) is 9.89 Å². The van der Waals surface area contributed by atoms with Gasteiger partial charge in [0.25, 0.3) is 0 Å². The summed E-state index contributed by atoms with van der Waals surface area (Å²) >= 11 is 6.26. The van der Waals surface area contributed by atoms with E-state index in [9.17, 15) is 0 Å². The Labute approximate surface area is 185 Å². The zero-order valence-electron chi connectivity index (χ0n) is 16.4. The van der Waals surface area contributed by atoms with Crippen LogP contribution in [0.5, 0.6) is 0 Å². The Kier molecular flexibility index (Phi) is 9.62. The maximum atomic E-state index is 6.26. The van der Waals surface area contributed by atoms with E-state index < -0.39 is 0 Å². The van der Waals surface area contributed by atoms with E-state index in [4.69, 9.17) is 16.3 Å². The Morgan fingerprint density at radius 3 is 2.78 bits per heavy atom. The van der Waals surface area contributed by atoms with Gasteiger partial charge in [0.15, 0.2) is 5.96 Å². The fourth-order valence-corrected chi connectivity index (χ4v) is 4.16.